The Bertz CT molecular complexity index is 61.1. The van der Waals surface area contributed by atoms with Crippen molar-refractivity contribution in [2.24, 2.45) is 0 Å². The minimum absolute atomic E-state index is 0. The van der Waals surface area contributed by atoms with Gasteiger partial charge in [-0.25, -0.2) is 0 Å². The molecule has 0 heterocycles. The van der Waals surface area contributed by atoms with Gasteiger partial charge < -0.3 is 10.00 Å². The van der Waals surface area contributed by atoms with Crippen LogP contribution in [0, 0.1) is 0 Å². The summed E-state index contributed by atoms with van der Waals surface area (Å²) in [6.07, 6.45) is 0. The molecule has 0 aliphatic carbocycles. The molecule has 0 unspecified atom stereocenters. The van der Waals surface area contributed by atoms with Crippen LogP contribution in [0.15, 0.2) is 0 Å². The van der Waals surface area contributed by atoms with E-state index in [1.807, 2.05) is 0 Å². The summed E-state index contributed by atoms with van der Waals surface area (Å²) in [5.41, 5.74) is 0. The molecule has 6 heteroatoms. The van der Waals surface area contributed by atoms with E-state index in [4.69, 9.17) is 19.4 Å². The molecule has 0 fully saturated rings. The first-order chi connectivity index (χ1) is 3.15. The Morgan fingerprint density at radius 3 is 1.75 bits per heavy atom. The largest absolute Gasteiger partial charge is 1.00 e. The van der Waals surface area contributed by atoms with Crippen LogP contribution in [0.3, 0.4) is 0 Å². The summed E-state index contributed by atoms with van der Waals surface area (Å²) < 4.78 is 8.35. The van der Waals surface area contributed by atoms with E-state index < -0.39 is 14.7 Å². The van der Waals surface area contributed by atoms with Gasteiger partial charge >= 0.3 is 29.6 Å². The number of rotatable bonds is 0. The first-order valence-electron chi connectivity index (χ1n) is 1.29. The fraction of sp³-hybridized carbons (Fsp3) is 0.500. The van der Waals surface area contributed by atoms with Gasteiger partial charge in [-0.05, 0) is 0 Å². The Morgan fingerprint density at radius 2 is 1.75 bits per heavy atom. The first kappa shape index (κ1) is 15.8. The zero-order valence-electron chi connectivity index (χ0n) is 4.62. The number of carboxylic acids is 1. The van der Waals surface area contributed by atoms with Crippen molar-refractivity contribution in [3.05, 3.63) is 0 Å². The number of hydrogen-bond donors (Lipinski definition) is 1. The first-order valence-corrected chi connectivity index (χ1v) is 2.02. The van der Waals surface area contributed by atoms with Crippen molar-refractivity contribution in [3.8, 4) is 0 Å². The maximum Gasteiger partial charge on any atom is 1.00 e. The van der Waals surface area contributed by atoms with Crippen molar-refractivity contribution >= 4 is 14.7 Å². The van der Waals surface area contributed by atoms with Gasteiger partial charge in [0, 0.05) is 6.92 Å². The molecule has 0 saturated carbocycles. The molecule has 0 spiro atoms. The second kappa shape index (κ2) is 15.6. The zero-order valence-corrected chi connectivity index (χ0v) is 7.51. The van der Waals surface area contributed by atoms with Crippen LogP contribution in [0.25, 0.3) is 0 Å². The third-order valence-corrected chi connectivity index (χ3v) is 0. The van der Waals surface area contributed by atoms with E-state index in [1.165, 1.54) is 0 Å². The molecular weight excluding hydrogens is 142 g/mol. The summed E-state index contributed by atoms with van der Waals surface area (Å²) in [5, 5.41) is 7.42. The normalized spacial score (nSPS) is 5.75. The molecule has 0 radical (unpaired) electrons. The maximum atomic E-state index is 9.00. The molecule has 0 aromatic heterocycles. The van der Waals surface area contributed by atoms with Crippen molar-refractivity contribution in [3.63, 3.8) is 0 Å². The van der Waals surface area contributed by atoms with Crippen molar-refractivity contribution < 1.29 is 48.9 Å². The molecule has 4 nitrogen and oxygen atoms in total. The Morgan fingerprint density at radius 1 is 1.75 bits per heavy atom. The standard InChI is InChI=1S/C2H4O2.Na.HO2P/c1-2(3)4;;1-3-2/h1H3,(H,3,4);;(H,1,2)/q;+1;/p-1. The van der Waals surface area contributed by atoms with Gasteiger partial charge in [0.05, 0.1) is 8.69 Å². The molecular formula is C2H4NaO4P. The minimum atomic E-state index is -1.08. The Kier molecular flexibility index (Phi) is 30.9. The molecule has 0 bridgehead atoms. The molecule has 0 amide bonds. The Labute approximate surface area is 70.5 Å². The van der Waals surface area contributed by atoms with Gasteiger partial charge in [-0.1, -0.05) is 0 Å². The van der Waals surface area contributed by atoms with Crippen LogP contribution >= 0.6 is 8.69 Å². The minimum Gasteiger partial charge on any atom is -0.772 e. The van der Waals surface area contributed by atoms with Crippen LogP contribution in [0.2, 0.25) is 0 Å². The van der Waals surface area contributed by atoms with Crippen LogP contribution < -0.4 is 34.5 Å². The molecule has 0 aliphatic rings. The summed E-state index contributed by atoms with van der Waals surface area (Å²) >= 11 is 0. The zero-order chi connectivity index (χ0) is 6.28. The molecule has 0 rings (SSSR count). The summed E-state index contributed by atoms with van der Waals surface area (Å²) in [5.74, 6) is -0.833. The second-order valence-electron chi connectivity index (χ2n) is 0.594. The van der Waals surface area contributed by atoms with Gasteiger partial charge in [-0.2, -0.15) is 0 Å². The third kappa shape index (κ3) is 711. The molecule has 0 saturated heterocycles. The second-order valence-corrected chi connectivity index (χ2v) is 0.743. The van der Waals surface area contributed by atoms with Gasteiger partial charge in [0.2, 0.25) is 0 Å². The quantitative estimate of drug-likeness (QED) is 0.286. The number of aliphatic carboxylic acids is 1. The smallest absolute Gasteiger partial charge is 0.772 e. The summed E-state index contributed by atoms with van der Waals surface area (Å²) in [4.78, 5) is 17.3. The molecule has 0 aromatic rings. The van der Waals surface area contributed by atoms with Crippen molar-refractivity contribution in [1.82, 2.24) is 0 Å². The number of hydrogen-bond acceptors (Lipinski definition) is 3. The molecule has 0 atom stereocenters. The fourth-order valence-electron chi connectivity index (χ4n) is 0. The molecule has 1 N–H and O–H groups in total. The van der Waals surface area contributed by atoms with E-state index in [0.29, 0.717) is 0 Å². The van der Waals surface area contributed by atoms with E-state index >= 15 is 0 Å². The SMILES string of the molecule is CC(=O)O.O=P[O-].[Na+]. The Balaban J connectivity index is -0.0000000575. The summed E-state index contributed by atoms with van der Waals surface area (Å²) in [6.45, 7) is 1.08. The van der Waals surface area contributed by atoms with Gasteiger partial charge in [0.15, 0.2) is 0 Å². The van der Waals surface area contributed by atoms with Crippen LogP contribution in [-0.2, 0) is 9.36 Å². The number of carbonyl (C=O) groups is 1. The van der Waals surface area contributed by atoms with E-state index in [1.54, 1.807) is 0 Å². The third-order valence-electron chi connectivity index (χ3n) is 0. The average molecular weight is 146 g/mol. The van der Waals surface area contributed by atoms with Crippen molar-refractivity contribution in [2.75, 3.05) is 0 Å². The van der Waals surface area contributed by atoms with Crippen LogP contribution in [0.4, 0.5) is 0 Å². The van der Waals surface area contributed by atoms with Gasteiger partial charge in [0.25, 0.3) is 5.97 Å². The topological polar surface area (TPSA) is 77.4 Å². The van der Waals surface area contributed by atoms with E-state index in [2.05, 4.69) is 0 Å². The Hall–Kier alpha value is 0.530. The van der Waals surface area contributed by atoms with Gasteiger partial charge in [0.1, 0.15) is 0 Å². The maximum absolute atomic E-state index is 9.00. The molecule has 42 valence electrons. The van der Waals surface area contributed by atoms with Crippen molar-refractivity contribution in [1.29, 1.82) is 0 Å². The number of carboxylic acid groups (broad SMARTS) is 1. The molecule has 0 aromatic carbocycles. The monoisotopic (exact) mass is 146 g/mol. The van der Waals surface area contributed by atoms with E-state index in [9.17, 15) is 0 Å². The van der Waals surface area contributed by atoms with E-state index in [0.717, 1.165) is 6.92 Å². The molecule has 8 heavy (non-hydrogen) atoms. The van der Waals surface area contributed by atoms with Crippen LogP contribution in [-0.4, -0.2) is 11.1 Å². The van der Waals surface area contributed by atoms with E-state index in [-0.39, 0.29) is 29.6 Å². The average Bonchev–Trinajstić information content (AvgIpc) is 1.33. The van der Waals surface area contributed by atoms with Gasteiger partial charge in [-0.3, -0.25) is 9.36 Å². The predicted octanol–water partition coefficient (Wildman–Crippen LogP) is -3.35. The van der Waals surface area contributed by atoms with Gasteiger partial charge in [-0.15, -0.1) is 0 Å². The van der Waals surface area contributed by atoms with Crippen molar-refractivity contribution in [2.45, 2.75) is 6.92 Å². The summed E-state index contributed by atoms with van der Waals surface area (Å²) in [7, 11) is -1.08. The predicted molar refractivity (Wildman–Crippen MR) is 20.9 cm³/mol. The fourth-order valence-corrected chi connectivity index (χ4v) is 0. The van der Waals surface area contributed by atoms with Crippen LogP contribution in [0.5, 0.6) is 0 Å². The summed E-state index contributed by atoms with van der Waals surface area (Å²) in [6, 6.07) is 0. The van der Waals surface area contributed by atoms with Crippen LogP contribution in [0.1, 0.15) is 6.92 Å². The molecule has 0 aliphatic heterocycles.